The molecule has 4 aromatic rings. The van der Waals surface area contributed by atoms with Gasteiger partial charge in [0.2, 0.25) is 11.8 Å². The first-order valence-electron chi connectivity index (χ1n) is 15.9. The summed E-state index contributed by atoms with van der Waals surface area (Å²) < 4.78 is 1.75. The summed E-state index contributed by atoms with van der Waals surface area (Å²) >= 11 is 1.60. The fourth-order valence-corrected chi connectivity index (χ4v) is 6.04. The van der Waals surface area contributed by atoms with Crippen LogP contribution in [-0.4, -0.2) is 73.5 Å². The molecule has 0 radical (unpaired) electrons. The molecule has 2 atom stereocenters. The number of hydrogen-bond donors (Lipinski definition) is 3. The van der Waals surface area contributed by atoms with Gasteiger partial charge in [-0.3, -0.25) is 19.2 Å². The smallest absolute Gasteiger partial charge is 0.261 e. The number of nitrogens with zero attached hydrogens (tertiary/aromatic N) is 4. The lowest BCUT2D eigenvalue weighted by Gasteiger charge is -2.28. The van der Waals surface area contributed by atoms with Crippen LogP contribution in [0.3, 0.4) is 0 Å². The summed E-state index contributed by atoms with van der Waals surface area (Å²) in [6.07, 6.45) is 2.90. The molecular weight excluding hydrogens is 614 g/mol. The molecule has 5 rings (SSSR count). The minimum Gasteiger partial charge on any atom is -0.344 e. The molecule has 3 heterocycles. The zero-order chi connectivity index (χ0) is 33.3. The van der Waals surface area contributed by atoms with Crippen molar-refractivity contribution >= 4 is 29.5 Å². The predicted molar refractivity (Wildman–Crippen MR) is 184 cm³/mol. The molecular formula is C35H41N7O4S. The van der Waals surface area contributed by atoms with E-state index in [0.717, 1.165) is 11.1 Å². The van der Waals surface area contributed by atoms with Crippen LogP contribution in [0.25, 0.3) is 22.6 Å². The minimum atomic E-state index is -0.719. The molecule has 2 aromatic carbocycles. The summed E-state index contributed by atoms with van der Waals surface area (Å²) in [6.45, 7) is 4.69. The first-order valence-corrected chi connectivity index (χ1v) is 17.3. The summed E-state index contributed by atoms with van der Waals surface area (Å²) in [7, 11) is 0. The molecule has 0 fully saturated rings. The predicted octanol–water partition coefficient (Wildman–Crippen LogP) is 4.29. The number of aromatic nitrogens is 4. The van der Waals surface area contributed by atoms with E-state index < -0.39 is 23.6 Å². The SMILES string of the molecule is CSCC[C@@H]1NC(=O)CCCN(C(=O)c2ccc(-c3ccccc3)[nH]c2=O)CCn2nc(-c3ccccc3)nc2[C@@H](C(C)C)NC1=O. The molecule has 3 amide bonds. The van der Waals surface area contributed by atoms with E-state index in [2.05, 4.69) is 15.6 Å². The Kier molecular flexibility index (Phi) is 11.3. The van der Waals surface area contributed by atoms with E-state index in [1.165, 1.54) is 0 Å². The Morgan fingerprint density at radius 3 is 2.28 bits per heavy atom. The highest BCUT2D eigenvalue weighted by Gasteiger charge is 2.30. The highest BCUT2D eigenvalue weighted by molar-refractivity contribution is 7.98. The van der Waals surface area contributed by atoms with E-state index in [0.29, 0.717) is 35.9 Å². The number of rotatable bonds is 7. The maximum atomic E-state index is 13.9. The van der Waals surface area contributed by atoms with Crippen LogP contribution >= 0.6 is 11.8 Å². The number of carbonyl (C=O) groups excluding carboxylic acids is 3. The lowest BCUT2D eigenvalue weighted by molar-refractivity contribution is -0.129. The summed E-state index contributed by atoms with van der Waals surface area (Å²) in [6, 6.07) is 21.1. The van der Waals surface area contributed by atoms with Crippen molar-refractivity contribution in [1.29, 1.82) is 0 Å². The average Bonchev–Trinajstić information content (AvgIpc) is 3.50. The second kappa shape index (κ2) is 15.7. The first kappa shape index (κ1) is 33.6. The summed E-state index contributed by atoms with van der Waals surface area (Å²) in [5.41, 5.74) is 1.80. The number of fused-ring (bicyclic) bond motifs is 1. The van der Waals surface area contributed by atoms with Gasteiger partial charge in [-0.05, 0) is 48.5 Å². The Hall–Kier alpha value is -4.71. The highest BCUT2D eigenvalue weighted by Crippen LogP contribution is 2.25. The molecule has 2 aromatic heterocycles. The Balaban J connectivity index is 1.50. The number of amides is 3. The van der Waals surface area contributed by atoms with Crippen LogP contribution in [0, 0.1) is 5.92 Å². The number of H-pyrrole nitrogens is 1. The number of pyridine rings is 1. The lowest BCUT2D eigenvalue weighted by atomic mass is 10.0. The second-order valence-corrected chi connectivity index (χ2v) is 12.9. The lowest BCUT2D eigenvalue weighted by Crippen LogP contribution is -2.49. The third-order valence-electron chi connectivity index (χ3n) is 8.16. The van der Waals surface area contributed by atoms with Crippen LogP contribution in [0.5, 0.6) is 0 Å². The van der Waals surface area contributed by atoms with Crippen LogP contribution < -0.4 is 16.2 Å². The summed E-state index contributed by atoms with van der Waals surface area (Å²) in [4.78, 5) is 63.1. The fraction of sp³-hybridized carbons (Fsp3) is 0.371. The molecule has 0 saturated carbocycles. The Bertz CT molecular complexity index is 1740. The van der Waals surface area contributed by atoms with Gasteiger partial charge in [-0.1, -0.05) is 74.5 Å². The van der Waals surface area contributed by atoms with Gasteiger partial charge in [0.15, 0.2) is 11.6 Å². The zero-order valence-corrected chi connectivity index (χ0v) is 27.8. The van der Waals surface area contributed by atoms with Crippen molar-refractivity contribution in [2.45, 2.75) is 51.7 Å². The van der Waals surface area contributed by atoms with Crippen LogP contribution in [0.2, 0.25) is 0 Å². The van der Waals surface area contributed by atoms with E-state index >= 15 is 0 Å². The zero-order valence-electron chi connectivity index (χ0n) is 26.9. The maximum Gasteiger partial charge on any atom is 0.261 e. The van der Waals surface area contributed by atoms with Crippen molar-refractivity contribution in [2.75, 3.05) is 25.1 Å². The quantitative estimate of drug-likeness (QED) is 0.270. The molecule has 1 aliphatic heterocycles. The monoisotopic (exact) mass is 655 g/mol. The highest BCUT2D eigenvalue weighted by atomic mass is 32.2. The van der Waals surface area contributed by atoms with Crippen molar-refractivity contribution in [2.24, 2.45) is 5.92 Å². The van der Waals surface area contributed by atoms with Crippen LogP contribution in [0.4, 0.5) is 0 Å². The van der Waals surface area contributed by atoms with Gasteiger partial charge in [-0.2, -0.15) is 16.9 Å². The molecule has 0 saturated heterocycles. The van der Waals surface area contributed by atoms with Gasteiger partial charge < -0.3 is 20.5 Å². The molecule has 3 N–H and O–H groups in total. The minimum absolute atomic E-state index is 0.0171. The number of thioether (sulfide) groups is 1. The number of hydrogen-bond acceptors (Lipinski definition) is 7. The van der Waals surface area contributed by atoms with Crippen molar-refractivity contribution < 1.29 is 14.4 Å². The van der Waals surface area contributed by atoms with E-state index in [1.54, 1.807) is 33.5 Å². The molecule has 1 aliphatic rings. The van der Waals surface area contributed by atoms with Crippen LogP contribution in [0.15, 0.2) is 77.6 Å². The summed E-state index contributed by atoms with van der Waals surface area (Å²) in [5.74, 6) is 0.716. The van der Waals surface area contributed by atoms with E-state index in [4.69, 9.17) is 10.1 Å². The second-order valence-electron chi connectivity index (χ2n) is 11.9. The molecule has 246 valence electrons. The van der Waals surface area contributed by atoms with Crippen molar-refractivity contribution in [3.8, 4) is 22.6 Å². The maximum absolute atomic E-state index is 13.9. The summed E-state index contributed by atoms with van der Waals surface area (Å²) in [5, 5.41) is 10.9. The number of nitrogens with one attached hydrogen (secondary N) is 3. The molecule has 0 aliphatic carbocycles. The van der Waals surface area contributed by atoms with Crippen molar-refractivity contribution in [3.63, 3.8) is 0 Å². The first-order chi connectivity index (χ1) is 22.7. The van der Waals surface area contributed by atoms with Gasteiger partial charge in [0, 0.05) is 30.8 Å². The standard InChI is InChI=1S/C35H41N7O4S/c1-23(2)30-32-39-31(25-13-8-5-9-14-25)40-42(32)21-20-41(19-10-15-29(43)36-28(18-22-47-3)34(45)38-30)35(46)26-16-17-27(37-33(26)44)24-11-6-4-7-12-24/h4-9,11-14,16-17,23,28,30H,10,15,18-22H2,1-3H3,(H,36,43)(H,37,44)(H,38,45)/t28-,30+/m0/s1. The van der Waals surface area contributed by atoms with Crippen molar-refractivity contribution in [1.82, 2.24) is 35.3 Å². The van der Waals surface area contributed by atoms with Gasteiger partial charge in [-0.15, -0.1) is 0 Å². The third-order valence-corrected chi connectivity index (χ3v) is 8.81. The third kappa shape index (κ3) is 8.37. The molecule has 0 unspecified atom stereocenters. The van der Waals surface area contributed by atoms with Crippen molar-refractivity contribution in [3.05, 3.63) is 94.5 Å². The topological polar surface area (TPSA) is 142 Å². The van der Waals surface area contributed by atoms with Gasteiger partial charge in [0.1, 0.15) is 11.6 Å². The molecule has 0 spiro atoms. The van der Waals surface area contributed by atoms with E-state index in [1.807, 2.05) is 80.8 Å². The molecule has 47 heavy (non-hydrogen) atoms. The Labute approximate surface area is 278 Å². The normalized spacial score (nSPS) is 17.8. The van der Waals surface area contributed by atoms with Gasteiger partial charge >= 0.3 is 0 Å². The van der Waals surface area contributed by atoms with Crippen LogP contribution in [0.1, 0.15) is 55.3 Å². The number of carbonyl (C=O) groups is 3. The average molecular weight is 656 g/mol. The van der Waals surface area contributed by atoms with E-state index in [-0.39, 0.29) is 49.4 Å². The largest absolute Gasteiger partial charge is 0.344 e. The fourth-order valence-electron chi connectivity index (χ4n) is 5.57. The number of aromatic amines is 1. The Morgan fingerprint density at radius 2 is 1.62 bits per heavy atom. The Morgan fingerprint density at radius 1 is 0.915 bits per heavy atom. The van der Waals surface area contributed by atoms with Gasteiger partial charge in [-0.25, -0.2) is 9.67 Å². The number of benzene rings is 2. The van der Waals surface area contributed by atoms with E-state index in [9.17, 15) is 19.2 Å². The molecule has 12 heteroatoms. The van der Waals surface area contributed by atoms with Crippen LogP contribution in [-0.2, 0) is 16.1 Å². The molecule has 11 nitrogen and oxygen atoms in total. The van der Waals surface area contributed by atoms with Gasteiger partial charge in [0.25, 0.3) is 11.5 Å². The molecule has 0 bridgehead atoms. The van der Waals surface area contributed by atoms with Gasteiger partial charge in [0.05, 0.1) is 12.6 Å².